The van der Waals surface area contributed by atoms with Gasteiger partial charge in [0.05, 0.1) is 25.3 Å². The van der Waals surface area contributed by atoms with Crippen molar-refractivity contribution in [1.29, 1.82) is 0 Å². The number of urea groups is 1. The Labute approximate surface area is 152 Å². The molecule has 3 amide bonds. The van der Waals surface area contributed by atoms with E-state index in [0.717, 1.165) is 31.5 Å². The molecule has 8 heteroatoms. The molecule has 25 heavy (non-hydrogen) atoms. The first-order valence-corrected chi connectivity index (χ1v) is 8.71. The summed E-state index contributed by atoms with van der Waals surface area (Å²) in [6, 6.07) is 3.06. The molecule has 7 nitrogen and oxygen atoms in total. The number of hydrogen-bond donors (Lipinski definition) is 2. The predicted molar refractivity (Wildman–Crippen MR) is 95.2 cm³/mol. The molecule has 1 heterocycles. The minimum absolute atomic E-state index is 0.000805. The smallest absolute Gasteiger partial charge is 0.315 e. The number of carbonyl (C=O) groups is 2. The molecule has 0 bridgehead atoms. The zero-order valence-electron chi connectivity index (χ0n) is 14.6. The summed E-state index contributed by atoms with van der Waals surface area (Å²) in [5.41, 5.74) is 0.770. The average molecular weight is 370 g/mol. The van der Waals surface area contributed by atoms with Crippen molar-refractivity contribution < 1.29 is 19.1 Å². The van der Waals surface area contributed by atoms with Crippen LogP contribution in [-0.2, 0) is 11.3 Å². The molecule has 0 radical (unpaired) electrons. The van der Waals surface area contributed by atoms with E-state index in [9.17, 15) is 9.59 Å². The summed E-state index contributed by atoms with van der Waals surface area (Å²) in [7, 11) is 1.53. The predicted octanol–water partition coefficient (Wildman–Crippen LogP) is 2.17. The van der Waals surface area contributed by atoms with Crippen LogP contribution in [0, 0.1) is 0 Å². The van der Waals surface area contributed by atoms with Gasteiger partial charge in [0.25, 0.3) is 0 Å². The van der Waals surface area contributed by atoms with Crippen LogP contribution in [0.15, 0.2) is 12.1 Å². The number of amides is 3. The van der Waals surface area contributed by atoms with E-state index in [0.29, 0.717) is 23.1 Å². The van der Waals surface area contributed by atoms with Crippen LogP contribution < -0.4 is 20.1 Å². The normalized spacial score (nSPS) is 13.5. The molecule has 0 aromatic heterocycles. The summed E-state index contributed by atoms with van der Waals surface area (Å²) >= 11 is 6.20. The van der Waals surface area contributed by atoms with E-state index in [1.807, 2.05) is 6.92 Å². The van der Waals surface area contributed by atoms with Gasteiger partial charge in [-0.2, -0.15) is 0 Å². The van der Waals surface area contributed by atoms with E-state index in [4.69, 9.17) is 21.1 Å². The zero-order chi connectivity index (χ0) is 18.2. The van der Waals surface area contributed by atoms with Crippen molar-refractivity contribution >= 4 is 23.5 Å². The fourth-order valence-corrected chi connectivity index (χ4v) is 2.93. The highest BCUT2D eigenvalue weighted by atomic mass is 35.5. The first-order valence-electron chi connectivity index (χ1n) is 8.33. The van der Waals surface area contributed by atoms with Gasteiger partial charge in [-0.3, -0.25) is 4.79 Å². The number of methoxy groups -OCH3 is 1. The molecule has 0 unspecified atom stereocenters. The third kappa shape index (κ3) is 5.42. The molecular formula is C17H24ClN3O4. The van der Waals surface area contributed by atoms with Crippen LogP contribution in [-0.4, -0.2) is 50.2 Å². The maximum Gasteiger partial charge on any atom is 0.315 e. The molecular weight excluding hydrogens is 346 g/mol. The van der Waals surface area contributed by atoms with Gasteiger partial charge in [-0.25, -0.2) is 4.79 Å². The van der Waals surface area contributed by atoms with Gasteiger partial charge in [-0.1, -0.05) is 11.6 Å². The average Bonchev–Trinajstić information content (AvgIpc) is 3.14. The van der Waals surface area contributed by atoms with E-state index >= 15 is 0 Å². The Kier molecular flexibility index (Phi) is 7.18. The largest absolute Gasteiger partial charge is 0.493 e. The van der Waals surface area contributed by atoms with Gasteiger partial charge in [0, 0.05) is 19.6 Å². The van der Waals surface area contributed by atoms with E-state index in [1.165, 1.54) is 7.11 Å². The van der Waals surface area contributed by atoms with E-state index in [-0.39, 0.29) is 19.0 Å². The van der Waals surface area contributed by atoms with Crippen LogP contribution >= 0.6 is 11.6 Å². The SMILES string of the molecule is CCOc1c(Cl)cc(CNC(=O)NCC(=O)N2CCCC2)cc1OC. The number of halogens is 1. The van der Waals surface area contributed by atoms with Crippen LogP contribution in [0.3, 0.4) is 0 Å². The van der Waals surface area contributed by atoms with Gasteiger partial charge < -0.3 is 25.0 Å². The van der Waals surface area contributed by atoms with E-state index in [2.05, 4.69) is 10.6 Å². The van der Waals surface area contributed by atoms with Gasteiger partial charge in [0.1, 0.15) is 0 Å². The van der Waals surface area contributed by atoms with Crippen molar-refractivity contribution in [2.45, 2.75) is 26.3 Å². The fourth-order valence-electron chi connectivity index (χ4n) is 2.64. The number of nitrogens with one attached hydrogen (secondary N) is 2. The standard InChI is InChI=1S/C17H24ClN3O4/c1-3-25-16-13(18)8-12(9-14(16)24-2)10-19-17(23)20-11-15(22)21-6-4-5-7-21/h8-9H,3-7,10-11H2,1-2H3,(H2,19,20,23). The van der Waals surface area contributed by atoms with Crippen molar-refractivity contribution in [3.05, 3.63) is 22.7 Å². The molecule has 0 atom stereocenters. The van der Waals surface area contributed by atoms with Crippen molar-refractivity contribution in [2.24, 2.45) is 0 Å². The highest BCUT2D eigenvalue weighted by molar-refractivity contribution is 6.32. The Balaban J connectivity index is 1.84. The van der Waals surface area contributed by atoms with Crippen LogP contribution in [0.5, 0.6) is 11.5 Å². The van der Waals surface area contributed by atoms with E-state index < -0.39 is 6.03 Å². The molecule has 1 aromatic carbocycles. The lowest BCUT2D eigenvalue weighted by Crippen LogP contribution is -2.42. The highest BCUT2D eigenvalue weighted by Crippen LogP contribution is 2.36. The molecule has 0 spiro atoms. The number of ether oxygens (including phenoxy) is 2. The van der Waals surface area contributed by atoms with Crippen molar-refractivity contribution in [3.8, 4) is 11.5 Å². The summed E-state index contributed by atoms with van der Waals surface area (Å²) in [4.78, 5) is 25.5. The Hall–Kier alpha value is -2.15. The number of hydrogen-bond acceptors (Lipinski definition) is 4. The second-order valence-electron chi connectivity index (χ2n) is 5.67. The lowest BCUT2D eigenvalue weighted by molar-refractivity contribution is -0.128. The number of likely N-dealkylation sites (tertiary alicyclic amines) is 1. The summed E-state index contributed by atoms with van der Waals surface area (Å²) < 4.78 is 10.7. The molecule has 1 aliphatic heterocycles. The number of rotatable bonds is 7. The van der Waals surface area contributed by atoms with Crippen molar-refractivity contribution in [1.82, 2.24) is 15.5 Å². The fraction of sp³-hybridized carbons (Fsp3) is 0.529. The first kappa shape index (κ1) is 19.2. The van der Waals surface area contributed by atoms with E-state index in [1.54, 1.807) is 17.0 Å². The molecule has 1 aliphatic rings. The van der Waals surface area contributed by atoms with Gasteiger partial charge in [0.2, 0.25) is 5.91 Å². The van der Waals surface area contributed by atoms with Crippen LogP contribution in [0.4, 0.5) is 4.79 Å². The topological polar surface area (TPSA) is 79.9 Å². The summed E-state index contributed by atoms with van der Waals surface area (Å²) in [5, 5.41) is 5.69. The third-order valence-electron chi connectivity index (χ3n) is 3.89. The Morgan fingerprint density at radius 3 is 2.60 bits per heavy atom. The monoisotopic (exact) mass is 369 g/mol. The highest BCUT2D eigenvalue weighted by Gasteiger charge is 2.18. The maximum absolute atomic E-state index is 11.9. The van der Waals surface area contributed by atoms with Gasteiger partial charge >= 0.3 is 6.03 Å². The number of carbonyl (C=O) groups excluding carboxylic acids is 2. The lowest BCUT2D eigenvalue weighted by Gasteiger charge is -2.16. The summed E-state index contributed by atoms with van der Waals surface area (Å²) in [5.74, 6) is 0.935. The summed E-state index contributed by atoms with van der Waals surface area (Å²) in [6.45, 7) is 4.13. The Bertz CT molecular complexity index is 618. The second-order valence-corrected chi connectivity index (χ2v) is 6.07. The number of nitrogens with zero attached hydrogens (tertiary/aromatic N) is 1. The molecule has 1 saturated heterocycles. The molecule has 138 valence electrons. The zero-order valence-corrected chi connectivity index (χ0v) is 15.3. The maximum atomic E-state index is 11.9. The van der Waals surface area contributed by atoms with Crippen molar-refractivity contribution in [3.63, 3.8) is 0 Å². The van der Waals surface area contributed by atoms with Gasteiger partial charge in [-0.15, -0.1) is 0 Å². The van der Waals surface area contributed by atoms with Crippen LogP contribution in [0.1, 0.15) is 25.3 Å². The lowest BCUT2D eigenvalue weighted by atomic mass is 10.2. The number of benzene rings is 1. The second kappa shape index (κ2) is 9.36. The molecule has 1 aromatic rings. The Morgan fingerprint density at radius 2 is 1.96 bits per heavy atom. The summed E-state index contributed by atoms with van der Waals surface area (Å²) in [6.07, 6.45) is 2.05. The molecule has 0 aliphatic carbocycles. The minimum atomic E-state index is -0.406. The quantitative estimate of drug-likeness (QED) is 0.772. The minimum Gasteiger partial charge on any atom is -0.493 e. The van der Waals surface area contributed by atoms with Gasteiger partial charge in [0.15, 0.2) is 11.5 Å². The molecule has 1 fully saturated rings. The third-order valence-corrected chi connectivity index (χ3v) is 4.17. The van der Waals surface area contributed by atoms with Gasteiger partial charge in [-0.05, 0) is 37.5 Å². The molecule has 2 rings (SSSR count). The molecule has 2 N–H and O–H groups in total. The van der Waals surface area contributed by atoms with Crippen LogP contribution in [0.2, 0.25) is 5.02 Å². The Morgan fingerprint density at radius 1 is 1.24 bits per heavy atom. The van der Waals surface area contributed by atoms with Crippen LogP contribution in [0.25, 0.3) is 0 Å². The van der Waals surface area contributed by atoms with Crippen molar-refractivity contribution in [2.75, 3.05) is 33.4 Å². The molecule has 0 saturated carbocycles. The first-order chi connectivity index (χ1) is 12.0.